The highest BCUT2D eigenvalue weighted by Crippen LogP contribution is 2.20. The normalized spacial score (nSPS) is 14.6. The molecule has 0 radical (unpaired) electrons. The first-order valence-corrected chi connectivity index (χ1v) is 10.0. The van der Waals surface area contributed by atoms with Gasteiger partial charge in [0.05, 0.1) is 30.9 Å². The van der Waals surface area contributed by atoms with Crippen molar-refractivity contribution in [3.05, 3.63) is 54.5 Å². The van der Waals surface area contributed by atoms with Crippen LogP contribution in [0.1, 0.15) is 29.6 Å². The van der Waals surface area contributed by atoms with E-state index in [4.69, 9.17) is 9.15 Å². The summed E-state index contributed by atoms with van der Waals surface area (Å²) in [6, 6.07) is 11.3. The van der Waals surface area contributed by atoms with Crippen LogP contribution in [-0.2, 0) is 16.1 Å². The number of aromatic nitrogens is 4. The Morgan fingerprint density at radius 2 is 1.93 bits per heavy atom. The van der Waals surface area contributed by atoms with E-state index in [1.807, 2.05) is 30.3 Å². The van der Waals surface area contributed by atoms with Crippen molar-refractivity contribution in [3.8, 4) is 11.4 Å². The highest BCUT2D eigenvalue weighted by Gasteiger charge is 2.29. The Morgan fingerprint density at radius 3 is 2.67 bits per heavy atom. The van der Waals surface area contributed by atoms with Gasteiger partial charge in [0, 0.05) is 25.1 Å². The van der Waals surface area contributed by atoms with Gasteiger partial charge < -0.3 is 14.1 Å². The van der Waals surface area contributed by atoms with E-state index in [1.54, 1.807) is 11.0 Å². The molecule has 9 heteroatoms. The molecule has 0 spiro atoms. The first kappa shape index (κ1) is 19.8. The zero-order valence-corrected chi connectivity index (χ0v) is 16.5. The number of likely N-dealkylation sites (tertiary alicyclic amines) is 1. The Balaban J connectivity index is 1.16. The number of rotatable bonds is 7. The molecule has 9 nitrogen and oxygen atoms in total. The molecule has 4 rings (SSSR count). The van der Waals surface area contributed by atoms with Crippen molar-refractivity contribution in [2.45, 2.75) is 25.8 Å². The van der Waals surface area contributed by atoms with E-state index in [2.05, 4.69) is 15.4 Å². The summed E-state index contributed by atoms with van der Waals surface area (Å²) in [5, 5.41) is 12.4. The molecule has 30 heavy (non-hydrogen) atoms. The van der Waals surface area contributed by atoms with Crippen LogP contribution in [0.2, 0.25) is 0 Å². The number of esters is 1. The summed E-state index contributed by atoms with van der Waals surface area (Å²) in [5.41, 5.74) is 1.45. The molecule has 0 saturated carbocycles. The Bertz CT molecular complexity index is 962. The molecule has 3 aromatic rings. The minimum atomic E-state index is -0.207. The summed E-state index contributed by atoms with van der Waals surface area (Å²) in [6.07, 6.45) is 4.74. The van der Waals surface area contributed by atoms with Crippen molar-refractivity contribution in [3.63, 3.8) is 0 Å². The highest BCUT2D eigenvalue weighted by molar-refractivity contribution is 5.94. The van der Waals surface area contributed by atoms with Gasteiger partial charge in [-0.05, 0) is 24.1 Å². The predicted molar refractivity (Wildman–Crippen MR) is 106 cm³/mol. The van der Waals surface area contributed by atoms with Crippen LogP contribution in [0.15, 0.2) is 53.3 Å². The molecule has 156 valence electrons. The van der Waals surface area contributed by atoms with E-state index in [-0.39, 0.29) is 17.8 Å². The zero-order valence-electron chi connectivity index (χ0n) is 16.5. The van der Waals surface area contributed by atoms with Crippen LogP contribution in [0, 0.1) is 5.92 Å². The summed E-state index contributed by atoms with van der Waals surface area (Å²) in [6.45, 7) is 1.89. The molecule has 3 heterocycles. The molecule has 1 aromatic carbocycles. The molecule has 0 aliphatic carbocycles. The minimum Gasteiger partial charge on any atom is -0.472 e. The second-order valence-electron chi connectivity index (χ2n) is 7.17. The highest BCUT2D eigenvalue weighted by atomic mass is 16.5. The molecule has 1 aliphatic heterocycles. The van der Waals surface area contributed by atoms with Gasteiger partial charge in [-0.3, -0.25) is 9.59 Å². The maximum absolute atomic E-state index is 12.3. The van der Waals surface area contributed by atoms with Crippen LogP contribution in [-0.4, -0.2) is 56.7 Å². The van der Waals surface area contributed by atoms with Gasteiger partial charge in [-0.25, -0.2) is 0 Å². The number of piperidine rings is 1. The van der Waals surface area contributed by atoms with Crippen LogP contribution >= 0.6 is 0 Å². The Labute approximate surface area is 173 Å². The number of benzene rings is 1. The lowest BCUT2D eigenvalue weighted by Crippen LogP contribution is -2.40. The SMILES string of the molecule is O=C(OCCCn1nnc(-c2ccccc2)n1)C1CCN(C(=O)c2ccoc2)CC1. The second-order valence-corrected chi connectivity index (χ2v) is 7.17. The fourth-order valence-electron chi connectivity index (χ4n) is 3.42. The number of carbonyl (C=O) groups is 2. The van der Waals surface area contributed by atoms with Crippen molar-refractivity contribution in [2.24, 2.45) is 5.92 Å². The van der Waals surface area contributed by atoms with Crippen LogP contribution in [0.3, 0.4) is 0 Å². The maximum Gasteiger partial charge on any atom is 0.309 e. The summed E-state index contributed by atoms with van der Waals surface area (Å²) in [5.74, 6) is 0.129. The van der Waals surface area contributed by atoms with Crippen LogP contribution < -0.4 is 0 Å². The molecule has 0 bridgehead atoms. The smallest absolute Gasteiger partial charge is 0.309 e. The summed E-state index contributed by atoms with van der Waals surface area (Å²) < 4.78 is 10.4. The van der Waals surface area contributed by atoms with Crippen molar-refractivity contribution in [2.75, 3.05) is 19.7 Å². The lowest BCUT2D eigenvalue weighted by atomic mass is 9.96. The van der Waals surface area contributed by atoms with Gasteiger partial charge in [-0.2, -0.15) is 4.80 Å². The number of carbonyl (C=O) groups excluding carboxylic acids is 2. The van der Waals surface area contributed by atoms with E-state index in [0.717, 1.165) is 5.56 Å². The average Bonchev–Trinajstić information content (AvgIpc) is 3.49. The van der Waals surface area contributed by atoms with Gasteiger partial charge in [0.15, 0.2) is 0 Å². The second kappa shape index (κ2) is 9.34. The van der Waals surface area contributed by atoms with E-state index in [9.17, 15) is 9.59 Å². The number of furan rings is 1. The molecule has 1 fully saturated rings. The minimum absolute atomic E-state index is 0.0641. The third kappa shape index (κ3) is 4.73. The molecule has 0 atom stereocenters. The standard InChI is InChI=1S/C21H23N5O4/c27-20(18-9-14-29-15-18)25-11-7-17(8-12-25)21(28)30-13-4-10-26-23-19(22-24-26)16-5-2-1-3-6-16/h1-3,5-6,9,14-15,17H,4,7-8,10-13H2. The molecule has 1 amide bonds. The number of tetrazole rings is 1. The number of nitrogens with zero attached hydrogens (tertiary/aromatic N) is 5. The summed E-state index contributed by atoms with van der Waals surface area (Å²) >= 11 is 0. The third-order valence-electron chi connectivity index (χ3n) is 5.12. The van der Waals surface area contributed by atoms with Crippen molar-refractivity contribution in [1.29, 1.82) is 0 Å². The van der Waals surface area contributed by atoms with Gasteiger partial charge in [-0.1, -0.05) is 30.3 Å². The lowest BCUT2D eigenvalue weighted by molar-refractivity contribution is -0.150. The summed E-state index contributed by atoms with van der Waals surface area (Å²) in [7, 11) is 0. The Kier molecular flexibility index (Phi) is 6.17. The van der Waals surface area contributed by atoms with Gasteiger partial charge in [0.1, 0.15) is 6.26 Å². The molecular weight excluding hydrogens is 386 g/mol. The number of hydrogen-bond acceptors (Lipinski definition) is 7. The zero-order chi connectivity index (χ0) is 20.8. The molecule has 1 aliphatic rings. The Hall–Kier alpha value is -3.49. The molecule has 2 aromatic heterocycles. The van der Waals surface area contributed by atoms with Gasteiger partial charge in [0.25, 0.3) is 5.91 Å². The quantitative estimate of drug-likeness (QED) is 0.436. The van der Waals surface area contributed by atoms with Crippen molar-refractivity contribution < 1.29 is 18.7 Å². The largest absolute Gasteiger partial charge is 0.472 e. The van der Waals surface area contributed by atoms with Crippen molar-refractivity contribution in [1.82, 2.24) is 25.1 Å². The number of ether oxygens (including phenoxy) is 1. The topological polar surface area (TPSA) is 103 Å². The van der Waals surface area contributed by atoms with Gasteiger partial charge in [-0.15, -0.1) is 10.2 Å². The Morgan fingerprint density at radius 1 is 1.13 bits per heavy atom. The van der Waals surface area contributed by atoms with Gasteiger partial charge >= 0.3 is 5.97 Å². The fraction of sp³-hybridized carbons (Fsp3) is 0.381. The summed E-state index contributed by atoms with van der Waals surface area (Å²) in [4.78, 5) is 27.9. The van der Waals surface area contributed by atoms with Crippen LogP contribution in [0.4, 0.5) is 0 Å². The predicted octanol–water partition coefficient (Wildman–Crippen LogP) is 2.42. The molecular formula is C21H23N5O4. The van der Waals surface area contributed by atoms with Crippen LogP contribution in [0.5, 0.6) is 0 Å². The van der Waals surface area contributed by atoms with E-state index < -0.39 is 0 Å². The maximum atomic E-state index is 12.3. The molecule has 1 saturated heterocycles. The van der Waals surface area contributed by atoms with Crippen LogP contribution in [0.25, 0.3) is 11.4 Å². The van der Waals surface area contributed by atoms with Gasteiger partial charge in [0.2, 0.25) is 5.82 Å². The molecule has 0 N–H and O–H groups in total. The monoisotopic (exact) mass is 409 g/mol. The first-order valence-electron chi connectivity index (χ1n) is 10.0. The first-order chi connectivity index (χ1) is 14.7. The number of amides is 1. The lowest BCUT2D eigenvalue weighted by Gasteiger charge is -2.30. The van der Waals surface area contributed by atoms with E-state index >= 15 is 0 Å². The van der Waals surface area contributed by atoms with Crippen molar-refractivity contribution >= 4 is 11.9 Å². The number of aryl methyl sites for hydroxylation is 1. The average molecular weight is 409 g/mol. The third-order valence-corrected chi connectivity index (χ3v) is 5.12. The van der Waals surface area contributed by atoms with E-state index in [1.165, 1.54) is 17.3 Å². The fourth-order valence-corrected chi connectivity index (χ4v) is 3.42. The molecule has 0 unspecified atom stereocenters. The number of hydrogen-bond donors (Lipinski definition) is 0. The van der Waals surface area contributed by atoms with E-state index in [0.29, 0.717) is 56.9 Å².